The average Bonchev–Trinajstić information content (AvgIpc) is 2.17. The third kappa shape index (κ3) is 2.59. The smallest absolute Gasteiger partial charge is 0.324 e. The summed E-state index contributed by atoms with van der Waals surface area (Å²) in [6, 6.07) is 8.76. The van der Waals surface area contributed by atoms with Crippen LogP contribution in [0.4, 0.5) is 0 Å². The molecule has 1 rings (SSSR count). The Morgan fingerprint density at radius 2 is 1.80 bits per heavy atom. The van der Waals surface area contributed by atoms with Crippen molar-refractivity contribution in [1.29, 1.82) is 0 Å². The molecule has 80 valence electrons. The van der Waals surface area contributed by atoms with Gasteiger partial charge in [0.05, 0.1) is 0 Å². The Kier molecular flexibility index (Phi) is 3.52. The van der Waals surface area contributed by atoms with Crippen LogP contribution < -0.4 is 0 Å². The average molecular weight is 224 g/mol. The number of aliphatic carboxylic acids is 1. The molecule has 0 aliphatic rings. The third-order valence-electron chi connectivity index (χ3n) is 2.08. The maximum Gasteiger partial charge on any atom is 0.324 e. The molecular formula is C11H12O3S. The molecule has 15 heavy (non-hydrogen) atoms. The number of benzene rings is 1. The number of carbonyl (C=O) groups is 2. The Hall–Kier alpha value is -1.29. The molecule has 0 spiro atoms. The van der Waals surface area contributed by atoms with Gasteiger partial charge in [0.25, 0.3) is 0 Å². The summed E-state index contributed by atoms with van der Waals surface area (Å²) in [5.41, 5.74) is 0.623. The molecule has 0 fully saturated rings. The van der Waals surface area contributed by atoms with E-state index in [1.54, 1.807) is 24.3 Å². The first-order valence-corrected chi connectivity index (χ1v) is 5.27. The minimum absolute atomic E-state index is 0.205. The van der Waals surface area contributed by atoms with Crippen molar-refractivity contribution in [1.82, 2.24) is 0 Å². The fraction of sp³-hybridized carbons (Fsp3) is 0.273. The second-order valence-electron chi connectivity index (χ2n) is 3.30. The van der Waals surface area contributed by atoms with Crippen molar-refractivity contribution in [2.45, 2.75) is 18.6 Å². The first-order chi connectivity index (χ1) is 6.97. The molecule has 1 N–H and O–H groups in total. The summed E-state index contributed by atoms with van der Waals surface area (Å²) in [7, 11) is 0. The van der Waals surface area contributed by atoms with Crippen molar-refractivity contribution in [3.8, 4) is 0 Å². The predicted octanol–water partition coefficient (Wildman–Crippen LogP) is 2.27. The summed E-state index contributed by atoms with van der Waals surface area (Å²) in [5, 5.41) is 8.96. The van der Waals surface area contributed by atoms with Crippen LogP contribution in [0.1, 0.15) is 19.4 Å². The van der Waals surface area contributed by atoms with Gasteiger partial charge in [-0.25, -0.2) is 0 Å². The Labute approximate surface area is 92.5 Å². The lowest BCUT2D eigenvalue weighted by Crippen LogP contribution is -2.29. The Bertz CT molecular complexity index is 375. The van der Waals surface area contributed by atoms with Gasteiger partial charge in [0, 0.05) is 6.92 Å². The minimum atomic E-state index is -1.20. The van der Waals surface area contributed by atoms with Crippen LogP contribution in [0.3, 0.4) is 0 Å². The van der Waals surface area contributed by atoms with Gasteiger partial charge in [-0.1, -0.05) is 42.1 Å². The molecule has 0 saturated carbocycles. The molecule has 0 radical (unpaired) electrons. The highest BCUT2D eigenvalue weighted by atomic mass is 32.2. The standard InChI is InChI=1S/C11H12O3S/c1-8(12)15-11(2,10(13)14)9-6-4-3-5-7-9/h3-7H,1-2H3,(H,13,14)/t11-/m0/s1. The van der Waals surface area contributed by atoms with Crippen LogP contribution >= 0.6 is 11.8 Å². The molecule has 3 nitrogen and oxygen atoms in total. The van der Waals surface area contributed by atoms with Crippen molar-refractivity contribution < 1.29 is 14.7 Å². The number of hydrogen-bond donors (Lipinski definition) is 1. The van der Waals surface area contributed by atoms with E-state index in [4.69, 9.17) is 5.11 Å². The zero-order valence-electron chi connectivity index (χ0n) is 8.56. The van der Waals surface area contributed by atoms with Crippen LogP contribution in [0.2, 0.25) is 0 Å². The largest absolute Gasteiger partial charge is 0.480 e. The molecule has 1 aromatic carbocycles. The molecule has 0 amide bonds. The summed E-state index contributed by atoms with van der Waals surface area (Å²) in [6.45, 7) is 2.91. The Morgan fingerprint density at radius 3 is 2.20 bits per heavy atom. The lowest BCUT2D eigenvalue weighted by Gasteiger charge is -2.22. The monoisotopic (exact) mass is 224 g/mol. The quantitative estimate of drug-likeness (QED) is 0.855. The highest BCUT2D eigenvalue weighted by Crippen LogP contribution is 2.36. The molecule has 4 heteroatoms. The molecule has 0 aliphatic carbocycles. The number of carboxylic acids is 1. The van der Waals surface area contributed by atoms with Gasteiger partial charge in [0.15, 0.2) is 5.12 Å². The van der Waals surface area contributed by atoms with Crippen molar-refractivity contribution in [3.63, 3.8) is 0 Å². The van der Waals surface area contributed by atoms with E-state index >= 15 is 0 Å². The first-order valence-electron chi connectivity index (χ1n) is 4.45. The van der Waals surface area contributed by atoms with Crippen molar-refractivity contribution >= 4 is 22.8 Å². The number of carbonyl (C=O) groups excluding carboxylic acids is 1. The third-order valence-corrected chi connectivity index (χ3v) is 3.19. The number of hydrogen-bond acceptors (Lipinski definition) is 3. The molecule has 0 bridgehead atoms. The van der Waals surface area contributed by atoms with Crippen LogP contribution in [0, 0.1) is 0 Å². The van der Waals surface area contributed by atoms with Gasteiger partial charge in [0.1, 0.15) is 4.75 Å². The van der Waals surface area contributed by atoms with E-state index in [9.17, 15) is 9.59 Å². The fourth-order valence-electron chi connectivity index (χ4n) is 1.27. The first kappa shape index (κ1) is 11.8. The zero-order chi connectivity index (χ0) is 11.5. The topological polar surface area (TPSA) is 54.4 Å². The lowest BCUT2D eigenvalue weighted by atomic mass is 10.0. The van der Waals surface area contributed by atoms with E-state index in [1.165, 1.54) is 13.8 Å². The maximum atomic E-state index is 11.2. The second-order valence-corrected chi connectivity index (χ2v) is 4.89. The Morgan fingerprint density at radius 1 is 1.27 bits per heavy atom. The number of rotatable bonds is 3. The molecule has 1 atom stereocenters. The summed E-state index contributed by atoms with van der Waals surface area (Å²) < 4.78 is -1.20. The van der Waals surface area contributed by atoms with Gasteiger partial charge >= 0.3 is 5.97 Å². The van der Waals surface area contributed by atoms with Gasteiger partial charge in [-0.05, 0) is 12.5 Å². The second kappa shape index (κ2) is 4.49. The fourth-order valence-corrected chi connectivity index (χ4v) is 2.19. The van der Waals surface area contributed by atoms with E-state index in [2.05, 4.69) is 0 Å². The molecule has 0 heterocycles. The maximum absolute atomic E-state index is 11.2. The van der Waals surface area contributed by atoms with Crippen LogP contribution in [-0.4, -0.2) is 16.2 Å². The van der Waals surface area contributed by atoms with Gasteiger partial charge in [0.2, 0.25) is 0 Å². The highest BCUT2D eigenvalue weighted by Gasteiger charge is 2.37. The molecular weight excluding hydrogens is 212 g/mol. The normalized spacial score (nSPS) is 14.3. The minimum Gasteiger partial charge on any atom is -0.480 e. The summed E-state index contributed by atoms with van der Waals surface area (Å²) >= 11 is 0.825. The zero-order valence-corrected chi connectivity index (χ0v) is 9.38. The molecule has 0 aliphatic heterocycles. The van der Waals surface area contributed by atoms with E-state index in [0.717, 1.165) is 11.8 Å². The number of thioether (sulfide) groups is 1. The van der Waals surface area contributed by atoms with Gasteiger partial charge < -0.3 is 5.11 Å². The van der Waals surface area contributed by atoms with Gasteiger partial charge in [-0.2, -0.15) is 0 Å². The van der Waals surface area contributed by atoms with Crippen LogP contribution in [-0.2, 0) is 14.3 Å². The van der Waals surface area contributed by atoms with Gasteiger partial charge in [-0.3, -0.25) is 9.59 Å². The number of carboxylic acid groups (broad SMARTS) is 1. The van der Waals surface area contributed by atoms with E-state index in [-0.39, 0.29) is 5.12 Å². The molecule has 0 aromatic heterocycles. The van der Waals surface area contributed by atoms with Gasteiger partial charge in [-0.15, -0.1) is 0 Å². The molecule has 0 unspecified atom stereocenters. The van der Waals surface area contributed by atoms with Crippen LogP contribution in [0.15, 0.2) is 30.3 Å². The van der Waals surface area contributed by atoms with Crippen molar-refractivity contribution in [2.24, 2.45) is 0 Å². The van der Waals surface area contributed by atoms with Crippen molar-refractivity contribution in [3.05, 3.63) is 35.9 Å². The lowest BCUT2D eigenvalue weighted by molar-refractivity contribution is -0.139. The van der Waals surface area contributed by atoms with Crippen molar-refractivity contribution in [2.75, 3.05) is 0 Å². The van der Waals surface area contributed by atoms with Crippen LogP contribution in [0.25, 0.3) is 0 Å². The van der Waals surface area contributed by atoms with E-state index < -0.39 is 10.7 Å². The summed E-state index contributed by atoms with van der Waals surface area (Å²) in [5.74, 6) is -1.01. The van der Waals surface area contributed by atoms with Crippen LogP contribution in [0.5, 0.6) is 0 Å². The highest BCUT2D eigenvalue weighted by molar-refractivity contribution is 8.14. The summed E-state index contributed by atoms with van der Waals surface area (Å²) in [6.07, 6.45) is 0. The summed E-state index contributed by atoms with van der Waals surface area (Å²) in [4.78, 5) is 22.2. The van der Waals surface area contributed by atoms with E-state index in [0.29, 0.717) is 5.56 Å². The SMILES string of the molecule is CC(=O)S[C@](C)(C(=O)O)c1ccccc1. The predicted molar refractivity (Wildman–Crippen MR) is 59.7 cm³/mol. The Balaban J connectivity index is 3.13. The molecule has 1 aromatic rings. The molecule has 0 saturated heterocycles. The van der Waals surface area contributed by atoms with E-state index in [1.807, 2.05) is 6.07 Å².